The summed E-state index contributed by atoms with van der Waals surface area (Å²) in [6, 6.07) is 6.94. The second kappa shape index (κ2) is 9.59. The first-order valence-corrected chi connectivity index (χ1v) is 11.0. The van der Waals surface area contributed by atoms with E-state index >= 15 is 0 Å². The fourth-order valence-electron chi connectivity index (χ4n) is 3.67. The molecule has 2 N–H and O–H groups in total. The number of aryl methyl sites for hydroxylation is 1. The van der Waals surface area contributed by atoms with Crippen molar-refractivity contribution >= 4 is 58.2 Å². The third-order valence-electron chi connectivity index (χ3n) is 5.00. The molecular formula is C20H20Cl3NO3S. The Labute approximate surface area is 182 Å². The first-order chi connectivity index (χ1) is 13.3. The van der Waals surface area contributed by atoms with Gasteiger partial charge >= 0.3 is 5.97 Å². The molecule has 0 aliphatic heterocycles. The molecule has 0 spiro atoms. The van der Waals surface area contributed by atoms with Crippen LogP contribution in [0, 0.1) is 11.8 Å². The molecule has 1 fully saturated rings. The van der Waals surface area contributed by atoms with Crippen molar-refractivity contribution in [1.29, 1.82) is 0 Å². The Hall–Kier alpha value is -1.11. The molecular weight excluding hydrogens is 441 g/mol. The summed E-state index contributed by atoms with van der Waals surface area (Å²) in [7, 11) is 0. The van der Waals surface area contributed by atoms with E-state index in [9.17, 15) is 9.90 Å². The van der Waals surface area contributed by atoms with Crippen LogP contribution in [0.25, 0.3) is 6.08 Å². The van der Waals surface area contributed by atoms with Crippen molar-refractivity contribution in [2.45, 2.75) is 37.2 Å². The fourth-order valence-corrected chi connectivity index (χ4v) is 5.52. The lowest BCUT2D eigenvalue weighted by atomic mass is 9.89. The summed E-state index contributed by atoms with van der Waals surface area (Å²) in [5.41, 5.74) is 0.828. The van der Waals surface area contributed by atoms with E-state index in [1.54, 1.807) is 18.2 Å². The van der Waals surface area contributed by atoms with Crippen molar-refractivity contribution < 1.29 is 15.0 Å². The molecule has 4 atom stereocenters. The molecule has 3 rings (SSSR count). The average Bonchev–Trinajstić information content (AvgIpc) is 3.18. The van der Waals surface area contributed by atoms with Crippen LogP contribution < -0.4 is 0 Å². The van der Waals surface area contributed by atoms with Gasteiger partial charge in [-0.05, 0) is 61.4 Å². The lowest BCUT2D eigenvalue weighted by Crippen LogP contribution is -2.18. The molecule has 2 heterocycles. The van der Waals surface area contributed by atoms with Gasteiger partial charge in [0.2, 0.25) is 0 Å². The van der Waals surface area contributed by atoms with Crippen molar-refractivity contribution in [2.75, 3.05) is 0 Å². The summed E-state index contributed by atoms with van der Waals surface area (Å²) in [6.45, 7) is 0. The van der Waals surface area contributed by atoms with Gasteiger partial charge in [0, 0.05) is 16.2 Å². The van der Waals surface area contributed by atoms with Crippen LogP contribution in [0.4, 0.5) is 0 Å². The van der Waals surface area contributed by atoms with Gasteiger partial charge in [-0.2, -0.15) is 0 Å². The molecule has 0 bridgehead atoms. The summed E-state index contributed by atoms with van der Waals surface area (Å²) in [4.78, 5) is 16.3. The van der Waals surface area contributed by atoms with Crippen molar-refractivity contribution in [1.82, 2.24) is 4.98 Å². The molecule has 0 amide bonds. The normalized spacial score (nSPS) is 24.9. The number of aromatic carboxylic acids is 1. The maximum absolute atomic E-state index is 11.0. The second-order valence-corrected chi connectivity index (χ2v) is 9.43. The van der Waals surface area contributed by atoms with Crippen LogP contribution in [-0.2, 0) is 6.42 Å². The number of carboxylic acids is 1. The molecule has 28 heavy (non-hydrogen) atoms. The molecule has 1 saturated carbocycles. The first-order valence-electron chi connectivity index (χ1n) is 8.99. The molecule has 8 heteroatoms. The molecule has 0 saturated heterocycles. The highest BCUT2D eigenvalue weighted by molar-refractivity contribution is 7.13. The third-order valence-corrected chi connectivity index (χ3v) is 7.02. The van der Waals surface area contributed by atoms with E-state index in [1.807, 2.05) is 18.2 Å². The molecule has 0 radical (unpaired) electrons. The number of hydrogen-bond donors (Lipinski definition) is 2. The van der Waals surface area contributed by atoms with Gasteiger partial charge in [-0.15, -0.1) is 22.9 Å². The predicted molar refractivity (Wildman–Crippen MR) is 115 cm³/mol. The zero-order valence-corrected chi connectivity index (χ0v) is 18.0. The molecule has 4 nitrogen and oxygen atoms in total. The summed E-state index contributed by atoms with van der Waals surface area (Å²) < 4.78 is 0. The van der Waals surface area contributed by atoms with Crippen LogP contribution in [0.2, 0.25) is 10.3 Å². The van der Waals surface area contributed by atoms with Crippen LogP contribution in [0.1, 0.15) is 39.4 Å². The molecule has 150 valence electrons. The minimum absolute atomic E-state index is 0.0499. The van der Waals surface area contributed by atoms with Gasteiger partial charge in [0.25, 0.3) is 0 Å². The number of hydrogen-bond acceptors (Lipinski definition) is 4. The van der Waals surface area contributed by atoms with E-state index in [1.165, 1.54) is 11.3 Å². The number of halogens is 3. The lowest BCUT2D eigenvalue weighted by Gasteiger charge is -2.20. The summed E-state index contributed by atoms with van der Waals surface area (Å²) in [5.74, 6) is -0.789. The van der Waals surface area contributed by atoms with Gasteiger partial charge in [-0.1, -0.05) is 35.4 Å². The van der Waals surface area contributed by atoms with E-state index in [4.69, 9.17) is 39.9 Å². The van der Waals surface area contributed by atoms with Crippen LogP contribution in [-0.4, -0.2) is 32.6 Å². The number of carbonyl (C=O) groups is 1. The van der Waals surface area contributed by atoms with Gasteiger partial charge in [0.05, 0.1) is 6.10 Å². The van der Waals surface area contributed by atoms with Crippen LogP contribution in [0.15, 0.2) is 30.3 Å². The Balaban J connectivity index is 1.62. The van der Waals surface area contributed by atoms with Crippen molar-refractivity contribution in [3.05, 3.63) is 56.0 Å². The summed E-state index contributed by atoms with van der Waals surface area (Å²) in [6.07, 6.45) is 6.50. The maximum atomic E-state index is 11.0. The van der Waals surface area contributed by atoms with E-state index in [-0.39, 0.29) is 17.2 Å². The number of carboxylic acid groups (broad SMARTS) is 1. The van der Waals surface area contributed by atoms with Gasteiger partial charge < -0.3 is 10.2 Å². The SMILES string of the molecule is O=C(O)c1ccc(CCC[C@@H]2[C@@H](/C=C\c3cc(Cl)nc(Cl)c3)[C@H](O)C[C@H]2Cl)s1. The predicted octanol–water partition coefficient (Wildman–Crippen LogP) is 5.79. The van der Waals surface area contributed by atoms with Gasteiger partial charge in [0.1, 0.15) is 15.2 Å². The minimum atomic E-state index is -0.891. The number of aliphatic hydroxyl groups is 1. The molecule has 2 aromatic rings. The van der Waals surface area contributed by atoms with Gasteiger partial charge in [0.15, 0.2) is 0 Å². The monoisotopic (exact) mass is 459 g/mol. The average molecular weight is 461 g/mol. The lowest BCUT2D eigenvalue weighted by molar-refractivity contribution is 0.0702. The Morgan fingerprint density at radius 1 is 1.29 bits per heavy atom. The smallest absolute Gasteiger partial charge is 0.345 e. The zero-order chi connectivity index (χ0) is 20.3. The molecule has 0 unspecified atom stereocenters. The Morgan fingerprint density at radius 2 is 2.00 bits per heavy atom. The number of nitrogens with zero attached hydrogens (tertiary/aromatic N) is 1. The Kier molecular flexibility index (Phi) is 7.40. The number of aliphatic hydroxyl groups excluding tert-OH is 1. The summed E-state index contributed by atoms with van der Waals surface area (Å²) >= 11 is 19.7. The zero-order valence-electron chi connectivity index (χ0n) is 14.9. The van der Waals surface area contributed by atoms with Crippen molar-refractivity contribution in [3.8, 4) is 0 Å². The third kappa shape index (κ3) is 5.49. The Bertz CT molecular complexity index is 850. The highest BCUT2D eigenvalue weighted by Gasteiger charge is 2.39. The van der Waals surface area contributed by atoms with Gasteiger partial charge in [-0.3, -0.25) is 0 Å². The van der Waals surface area contributed by atoms with E-state index in [2.05, 4.69) is 4.98 Å². The minimum Gasteiger partial charge on any atom is -0.477 e. The number of pyridine rings is 1. The largest absolute Gasteiger partial charge is 0.477 e. The fraction of sp³-hybridized carbons (Fsp3) is 0.400. The van der Waals surface area contributed by atoms with Crippen LogP contribution in [0.5, 0.6) is 0 Å². The molecule has 2 aromatic heterocycles. The Morgan fingerprint density at radius 3 is 2.64 bits per heavy atom. The highest BCUT2D eigenvalue weighted by Crippen LogP contribution is 2.40. The van der Waals surface area contributed by atoms with Crippen molar-refractivity contribution in [2.24, 2.45) is 11.8 Å². The standard InChI is InChI=1S/C20H20Cl3NO3S/c21-15-10-16(25)14(6-4-11-8-18(22)24-19(23)9-11)13(15)3-1-2-12-5-7-17(28-12)20(26)27/h4-9,13-16,25H,1-3,10H2,(H,26,27)/b6-4-/t13-,14-,15-,16-/m1/s1. The first kappa shape index (κ1) is 21.6. The maximum Gasteiger partial charge on any atom is 0.345 e. The molecule has 1 aliphatic rings. The highest BCUT2D eigenvalue weighted by atomic mass is 35.5. The quantitative estimate of drug-likeness (QED) is 0.405. The van der Waals surface area contributed by atoms with Gasteiger partial charge in [-0.25, -0.2) is 9.78 Å². The van der Waals surface area contributed by atoms with Crippen LogP contribution >= 0.6 is 46.1 Å². The second-order valence-electron chi connectivity index (χ2n) is 6.93. The van der Waals surface area contributed by atoms with Crippen molar-refractivity contribution in [3.63, 3.8) is 0 Å². The molecule has 0 aromatic carbocycles. The van der Waals surface area contributed by atoms with E-state index in [0.29, 0.717) is 21.6 Å². The van der Waals surface area contributed by atoms with E-state index in [0.717, 1.165) is 29.7 Å². The van der Waals surface area contributed by atoms with E-state index < -0.39 is 12.1 Å². The molecule has 1 aliphatic carbocycles. The number of aromatic nitrogens is 1. The number of alkyl halides is 1. The number of rotatable bonds is 7. The van der Waals surface area contributed by atoms with Crippen LogP contribution in [0.3, 0.4) is 0 Å². The topological polar surface area (TPSA) is 70.4 Å². The summed E-state index contributed by atoms with van der Waals surface area (Å²) in [5, 5.41) is 20.0. The number of thiophene rings is 1.